The molecule has 0 atom stereocenters. The Hall–Kier alpha value is -2.73. The van der Waals surface area contributed by atoms with Gasteiger partial charge in [-0.1, -0.05) is 30.3 Å². The molecule has 6 heteroatoms. The number of carbonyl (C=O) groups excluding carboxylic acids is 1. The summed E-state index contributed by atoms with van der Waals surface area (Å²) < 4.78 is 5.79. The van der Waals surface area contributed by atoms with Crippen LogP contribution in [0.15, 0.2) is 54.6 Å². The molecule has 160 valence electrons. The van der Waals surface area contributed by atoms with Gasteiger partial charge in [0.2, 0.25) is 0 Å². The van der Waals surface area contributed by atoms with E-state index in [4.69, 9.17) is 4.74 Å². The molecule has 1 N–H and O–H groups in total. The number of hydrogen-bond acceptors (Lipinski definition) is 4. The molecule has 30 heavy (non-hydrogen) atoms. The molecule has 2 aromatic carbocycles. The first-order valence-electron chi connectivity index (χ1n) is 11.1. The van der Waals surface area contributed by atoms with E-state index in [2.05, 4.69) is 46.2 Å². The summed E-state index contributed by atoms with van der Waals surface area (Å²) in [6, 6.07) is 18.7. The van der Waals surface area contributed by atoms with Gasteiger partial charge < -0.3 is 24.3 Å². The molecule has 0 aliphatic carbocycles. The van der Waals surface area contributed by atoms with Crippen molar-refractivity contribution in [2.45, 2.75) is 6.92 Å². The molecular weight excluding hydrogens is 376 g/mol. The predicted octanol–water partition coefficient (Wildman–Crippen LogP) is 1.14. The second-order valence-corrected chi connectivity index (χ2v) is 8.02. The number of ether oxygens (including phenoxy) is 1. The molecule has 0 radical (unpaired) electrons. The smallest absolute Gasteiger partial charge is 0.277 e. The third-order valence-electron chi connectivity index (χ3n) is 6.13. The summed E-state index contributed by atoms with van der Waals surface area (Å²) in [5, 5.41) is 0. The fraction of sp³-hybridized carbons (Fsp3) is 0.458. The van der Waals surface area contributed by atoms with Gasteiger partial charge in [0.15, 0.2) is 6.54 Å². The Morgan fingerprint density at radius 2 is 1.53 bits per heavy atom. The SMILES string of the molecule is CCOc1ccccc1N1CC[NH+](CC(=O)N2CCN(c3ccccc3)CC2)CC1. The maximum atomic E-state index is 12.9. The molecule has 2 heterocycles. The molecule has 6 nitrogen and oxygen atoms in total. The number of piperazine rings is 2. The highest BCUT2D eigenvalue weighted by Crippen LogP contribution is 2.27. The molecule has 2 fully saturated rings. The van der Waals surface area contributed by atoms with E-state index in [1.54, 1.807) is 0 Å². The third-order valence-corrected chi connectivity index (χ3v) is 6.13. The van der Waals surface area contributed by atoms with E-state index in [0.717, 1.165) is 58.1 Å². The number of nitrogens with one attached hydrogen (secondary N) is 1. The van der Waals surface area contributed by atoms with Crippen LogP contribution in [0.2, 0.25) is 0 Å². The van der Waals surface area contributed by atoms with Crippen LogP contribution < -0.4 is 19.4 Å². The van der Waals surface area contributed by atoms with Crippen LogP contribution in [-0.2, 0) is 4.79 Å². The van der Waals surface area contributed by atoms with Crippen LogP contribution >= 0.6 is 0 Å². The molecule has 4 rings (SSSR count). The van der Waals surface area contributed by atoms with E-state index in [1.165, 1.54) is 16.3 Å². The van der Waals surface area contributed by atoms with Crippen molar-refractivity contribution < 1.29 is 14.4 Å². The van der Waals surface area contributed by atoms with Crippen molar-refractivity contribution in [3.05, 3.63) is 54.6 Å². The number of nitrogens with zero attached hydrogens (tertiary/aromatic N) is 3. The molecular formula is C24H33N4O2+. The Labute approximate surface area is 179 Å². The van der Waals surface area contributed by atoms with Gasteiger partial charge in [-0.15, -0.1) is 0 Å². The van der Waals surface area contributed by atoms with E-state index >= 15 is 0 Å². The van der Waals surface area contributed by atoms with Crippen molar-refractivity contribution in [2.24, 2.45) is 0 Å². The summed E-state index contributed by atoms with van der Waals surface area (Å²) >= 11 is 0. The molecule has 0 unspecified atom stereocenters. The van der Waals surface area contributed by atoms with Gasteiger partial charge in [0.05, 0.1) is 38.5 Å². The monoisotopic (exact) mass is 409 g/mol. The van der Waals surface area contributed by atoms with Crippen LogP contribution in [-0.4, -0.2) is 76.3 Å². The highest BCUT2D eigenvalue weighted by atomic mass is 16.5. The fourth-order valence-corrected chi connectivity index (χ4v) is 4.42. The number of hydrogen-bond donors (Lipinski definition) is 1. The number of quaternary nitrogens is 1. The zero-order chi connectivity index (χ0) is 20.8. The minimum Gasteiger partial charge on any atom is -0.492 e. The number of rotatable bonds is 6. The Kier molecular flexibility index (Phi) is 6.74. The first-order valence-corrected chi connectivity index (χ1v) is 11.1. The number of benzene rings is 2. The number of para-hydroxylation sites is 3. The van der Waals surface area contributed by atoms with Crippen LogP contribution in [0, 0.1) is 0 Å². The molecule has 0 aromatic heterocycles. The molecule has 1 amide bonds. The number of anilines is 2. The lowest BCUT2D eigenvalue weighted by atomic mass is 10.2. The summed E-state index contributed by atoms with van der Waals surface area (Å²) in [6.45, 7) is 10.6. The predicted molar refractivity (Wildman–Crippen MR) is 121 cm³/mol. The van der Waals surface area contributed by atoms with E-state index in [1.807, 2.05) is 30.0 Å². The second kappa shape index (κ2) is 9.85. The van der Waals surface area contributed by atoms with Crippen molar-refractivity contribution in [1.82, 2.24) is 4.90 Å². The normalized spacial score (nSPS) is 17.8. The fourth-order valence-electron chi connectivity index (χ4n) is 4.42. The van der Waals surface area contributed by atoms with Gasteiger partial charge >= 0.3 is 0 Å². The van der Waals surface area contributed by atoms with Gasteiger partial charge in [-0.25, -0.2) is 0 Å². The van der Waals surface area contributed by atoms with Crippen LogP contribution in [0.3, 0.4) is 0 Å². The highest BCUT2D eigenvalue weighted by molar-refractivity contribution is 5.77. The standard InChI is InChI=1S/C24H32N4O2/c1-2-30-23-11-7-6-10-22(23)27-14-12-25(13-15-27)20-24(29)28-18-16-26(17-19-28)21-8-4-3-5-9-21/h3-11H,2,12-20H2,1H3/p+1. The van der Waals surface area contributed by atoms with Gasteiger partial charge in [0.1, 0.15) is 5.75 Å². The number of carbonyl (C=O) groups is 1. The van der Waals surface area contributed by atoms with Gasteiger partial charge in [-0.3, -0.25) is 4.79 Å². The second-order valence-electron chi connectivity index (χ2n) is 8.02. The molecule has 2 aliphatic heterocycles. The minimum atomic E-state index is 0.292. The zero-order valence-corrected chi connectivity index (χ0v) is 17.9. The lowest BCUT2D eigenvalue weighted by Gasteiger charge is -2.38. The lowest BCUT2D eigenvalue weighted by Crippen LogP contribution is -3.16. The van der Waals surface area contributed by atoms with Crippen LogP contribution in [0.4, 0.5) is 11.4 Å². The van der Waals surface area contributed by atoms with E-state index in [9.17, 15) is 4.79 Å². The Morgan fingerprint density at radius 3 is 2.23 bits per heavy atom. The quantitative estimate of drug-likeness (QED) is 0.777. The first-order chi connectivity index (χ1) is 14.7. The van der Waals surface area contributed by atoms with Crippen molar-refractivity contribution in [3.8, 4) is 5.75 Å². The number of amides is 1. The molecule has 2 aromatic rings. The van der Waals surface area contributed by atoms with Gasteiger partial charge in [-0.2, -0.15) is 0 Å². The topological polar surface area (TPSA) is 40.5 Å². The van der Waals surface area contributed by atoms with Gasteiger partial charge in [0.25, 0.3) is 5.91 Å². The van der Waals surface area contributed by atoms with E-state index in [0.29, 0.717) is 19.1 Å². The maximum Gasteiger partial charge on any atom is 0.277 e. The molecule has 0 bridgehead atoms. The first kappa shape index (κ1) is 20.5. The summed E-state index contributed by atoms with van der Waals surface area (Å²) in [7, 11) is 0. The average molecular weight is 410 g/mol. The summed E-state index contributed by atoms with van der Waals surface area (Å²) in [5.41, 5.74) is 2.42. The van der Waals surface area contributed by atoms with Crippen LogP contribution in [0.5, 0.6) is 5.75 Å². The molecule has 0 saturated carbocycles. The third kappa shape index (κ3) is 4.87. The molecule has 0 spiro atoms. The van der Waals surface area contributed by atoms with Crippen molar-refractivity contribution in [2.75, 3.05) is 75.3 Å². The summed E-state index contributed by atoms with van der Waals surface area (Å²) in [4.78, 5) is 21.0. The van der Waals surface area contributed by atoms with E-state index < -0.39 is 0 Å². The Bertz CT molecular complexity index is 813. The summed E-state index contributed by atoms with van der Waals surface area (Å²) in [5.74, 6) is 1.25. The average Bonchev–Trinajstić information content (AvgIpc) is 2.81. The van der Waals surface area contributed by atoms with Crippen LogP contribution in [0.1, 0.15) is 6.92 Å². The summed E-state index contributed by atoms with van der Waals surface area (Å²) in [6.07, 6.45) is 0. The van der Waals surface area contributed by atoms with Crippen molar-refractivity contribution in [3.63, 3.8) is 0 Å². The molecule has 2 saturated heterocycles. The molecule has 2 aliphatic rings. The Balaban J connectivity index is 1.24. The Morgan fingerprint density at radius 1 is 0.867 bits per heavy atom. The van der Waals surface area contributed by atoms with Gasteiger partial charge in [0, 0.05) is 31.9 Å². The maximum absolute atomic E-state index is 12.9. The zero-order valence-electron chi connectivity index (χ0n) is 17.9. The van der Waals surface area contributed by atoms with Crippen LogP contribution in [0.25, 0.3) is 0 Å². The van der Waals surface area contributed by atoms with Crippen molar-refractivity contribution >= 4 is 17.3 Å². The van der Waals surface area contributed by atoms with Crippen molar-refractivity contribution in [1.29, 1.82) is 0 Å². The minimum absolute atomic E-state index is 0.292. The lowest BCUT2D eigenvalue weighted by molar-refractivity contribution is -0.892. The van der Waals surface area contributed by atoms with E-state index in [-0.39, 0.29) is 0 Å². The largest absolute Gasteiger partial charge is 0.492 e. The highest BCUT2D eigenvalue weighted by Gasteiger charge is 2.27. The van der Waals surface area contributed by atoms with Gasteiger partial charge in [-0.05, 0) is 31.2 Å².